The number of hydrogen-bond donors (Lipinski definition) is 0. The van der Waals surface area contributed by atoms with E-state index < -0.39 is 0 Å². The molecule has 1 fully saturated rings. The molecule has 1 saturated heterocycles. The quantitative estimate of drug-likeness (QED) is 0.854. The van der Waals surface area contributed by atoms with Gasteiger partial charge in [0, 0.05) is 30.4 Å². The van der Waals surface area contributed by atoms with Gasteiger partial charge >= 0.3 is 0 Å². The van der Waals surface area contributed by atoms with Crippen LogP contribution in [-0.2, 0) is 4.79 Å². The third-order valence-corrected chi connectivity index (χ3v) is 4.73. The molecule has 0 bridgehead atoms. The van der Waals surface area contributed by atoms with Crippen LogP contribution in [0.3, 0.4) is 0 Å². The van der Waals surface area contributed by atoms with Gasteiger partial charge in [0.15, 0.2) is 5.16 Å². The van der Waals surface area contributed by atoms with Crippen molar-refractivity contribution in [3.8, 4) is 11.3 Å². The molecule has 4 rings (SSSR count). The molecule has 0 unspecified atom stereocenters. The summed E-state index contributed by atoms with van der Waals surface area (Å²) in [4.78, 5) is 29.8. The number of imidazole rings is 1. The van der Waals surface area contributed by atoms with Crippen molar-refractivity contribution in [2.24, 2.45) is 0 Å². The number of nitrogens with zero attached hydrogens (tertiary/aromatic N) is 3. The number of thioether (sulfide) groups is 1. The topological polar surface area (TPSA) is 55.2 Å². The van der Waals surface area contributed by atoms with Crippen molar-refractivity contribution in [2.45, 2.75) is 18.0 Å². The van der Waals surface area contributed by atoms with Crippen LogP contribution in [0.1, 0.15) is 17.6 Å². The Morgan fingerprint density at radius 1 is 1.19 bits per heavy atom. The highest BCUT2D eigenvalue weighted by molar-refractivity contribution is 8.00. The maximum Gasteiger partial charge on any atom is 0.243 e. The van der Waals surface area contributed by atoms with E-state index >= 15 is 0 Å². The van der Waals surface area contributed by atoms with Crippen LogP contribution in [0.4, 0.5) is 5.69 Å². The number of carbonyl (C=O) groups excluding carboxylic acids is 2. The standard InChI is InChI=1S/C15H13N3O2S/c19-13-5-2-6-17(13)11-4-1-3-10(7-11)12-8-18-14(20)9-21-15(18)16-12/h1,3-4,7-8H,2,5-6,9H2. The zero-order valence-corrected chi connectivity index (χ0v) is 12.1. The summed E-state index contributed by atoms with van der Waals surface area (Å²) in [7, 11) is 0. The molecule has 0 spiro atoms. The molecule has 2 aromatic rings. The van der Waals surface area contributed by atoms with Crippen LogP contribution in [-0.4, -0.2) is 33.7 Å². The van der Waals surface area contributed by atoms with E-state index in [1.807, 2.05) is 29.2 Å². The smallest absolute Gasteiger partial charge is 0.243 e. The van der Waals surface area contributed by atoms with Crippen LogP contribution < -0.4 is 4.90 Å². The van der Waals surface area contributed by atoms with Gasteiger partial charge in [0.2, 0.25) is 11.8 Å². The monoisotopic (exact) mass is 299 g/mol. The Balaban J connectivity index is 1.71. The zero-order chi connectivity index (χ0) is 14.4. The molecule has 0 atom stereocenters. The van der Waals surface area contributed by atoms with Gasteiger partial charge < -0.3 is 4.90 Å². The summed E-state index contributed by atoms with van der Waals surface area (Å²) in [6.07, 6.45) is 3.31. The lowest BCUT2D eigenvalue weighted by atomic mass is 10.1. The van der Waals surface area contributed by atoms with E-state index in [0.29, 0.717) is 12.2 Å². The number of anilines is 1. The molecule has 0 saturated carbocycles. The molecule has 1 aromatic carbocycles. The molecule has 0 aliphatic carbocycles. The number of amides is 1. The van der Waals surface area contributed by atoms with E-state index in [0.717, 1.165) is 35.1 Å². The van der Waals surface area contributed by atoms with Crippen molar-refractivity contribution in [3.63, 3.8) is 0 Å². The van der Waals surface area contributed by atoms with Gasteiger partial charge in [-0.3, -0.25) is 14.2 Å². The van der Waals surface area contributed by atoms with Gasteiger partial charge in [-0.2, -0.15) is 0 Å². The Morgan fingerprint density at radius 2 is 2.10 bits per heavy atom. The summed E-state index contributed by atoms with van der Waals surface area (Å²) < 4.78 is 1.60. The summed E-state index contributed by atoms with van der Waals surface area (Å²) in [6.45, 7) is 0.774. The highest BCUT2D eigenvalue weighted by Gasteiger charge is 2.24. The number of benzene rings is 1. The summed E-state index contributed by atoms with van der Waals surface area (Å²) >= 11 is 1.46. The minimum atomic E-state index is 0.0691. The lowest BCUT2D eigenvalue weighted by Gasteiger charge is -2.16. The number of fused-ring (bicyclic) bond motifs is 1. The second-order valence-corrected chi connectivity index (χ2v) is 6.10. The van der Waals surface area contributed by atoms with Crippen LogP contribution in [0.25, 0.3) is 11.3 Å². The lowest BCUT2D eigenvalue weighted by Crippen LogP contribution is -2.23. The largest absolute Gasteiger partial charge is 0.312 e. The van der Waals surface area contributed by atoms with Crippen LogP contribution in [0.2, 0.25) is 0 Å². The first-order chi connectivity index (χ1) is 10.2. The van der Waals surface area contributed by atoms with Crippen molar-refractivity contribution in [1.29, 1.82) is 0 Å². The van der Waals surface area contributed by atoms with E-state index in [4.69, 9.17) is 0 Å². The third-order valence-electron chi connectivity index (χ3n) is 3.79. The van der Waals surface area contributed by atoms with E-state index in [-0.39, 0.29) is 11.8 Å². The van der Waals surface area contributed by atoms with E-state index in [2.05, 4.69) is 4.98 Å². The van der Waals surface area contributed by atoms with Crippen molar-refractivity contribution >= 4 is 29.3 Å². The number of carbonyl (C=O) groups is 2. The molecule has 1 aromatic heterocycles. The summed E-state index contributed by atoms with van der Waals surface area (Å²) in [5.74, 6) is 0.704. The molecule has 21 heavy (non-hydrogen) atoms. The first kappa shape index (κ1) is 12.6. The Bertz CT molecular complexity index is 753. The fourth-order valence-electron chi connectivity index (χ4n) is 2.73. The van der Waals surface area contributed by atoms with Gasteiger partial charge in [-0.25, -0.2) is 4.98 Å². The van der Waals surface area contributed by atoms with Crippen molar-refractivity contribution < 1.29 is 9.59 Å². The Kier molecular flexibility index (Phi) is 2.85. The molecule has 106 valence electrons. The van der Waals surface area contributed by atoms with Gasteiger partial charge in [-0.1, -0.05) is 23.9 Å². The summed E-state index contributed by atoms with van der Waals surface area (Å²) in [5, 5.41) is 0.748. The van der Waals surface area contributed by atoms with Crippen molar-refractivity contribution in [1.82, 2.24) is 9.55 Å². The molecule has 3 heterocycles. The molecular formula is C15H13N3O2S. The Hall–Kier alpha value is -2.08. The van der Waals surface area contributed by atoms with Crippen LogP contribution in [0, 0.1) is 0 Å². The van der Waals surface area contributed by atoms with E-state index in [9.17, 15) is 9.59 Å². The second kappa shape index (κ2) is 4.73. The first-order valence-corrected chi connectivity index (χ1v) is 7.87. The first-order valence-electron chi connectivity index (χ1n) is 6.88. The van der Waals surface area contributed by atoms with Crippen molar-refractivity contribution in [2.75, 3.05) is 17.2 Å². The molecule has 0 radical (unpaired) electrons. The van der Waals surface area contributed by atoms with Crippen LogP contribution >= 0.6 is 11.8 Å². The molecule has 1 amide bonds. The van der Waals surface area contributed by atoms with Gasteiger partial charge in [-0.15, -0.1) is 0 Å². The molecule has 0 N–H and O–H groups in total. The SMILES string of the molecule is O=C1CCCN1c1cccc(-c2cn3c(n2)SCC3=O)c1. The summed E-state index contributed by atoms with van der Waals surface area (Å²) in [6, 6.07) is 7.79. The van der Waals surface area contributed by atoms with E-state index in [1.54, 1.807) is 10.8 Å². The maximum atomic E-state index is 11.8. The van der Waals surface area contributed by atoms with Gasteiger partial charge in [0.1, 0.15) is 0 Å². The molecular weight excluding hydrogens is 286 g/mol. The minimum absolute atomic E-state index is 0.0691. The highest BCUT2D eigenvalue weighted by atomic mass is 32.2. The normalized spacial score (nSPS) is 17.6. The molecule has 5 nitrogen and oxygen atoms in total. The maximum absolute atomic E-state index is 11.8. The highest BCUT2D eigenvalue weighted by Crippen LogP contribution is 2.31. The van der Waals surface area contributed by atoms with Crippen molar-refractivity contribution in [3.05, 3.63) is 30.5 Å². The molecule has 2 aliphatic rings. The predicted molar refractivity (Wildman–Crippen MR) is 80.6 cm³/mol. The van der Waals surface area contributed by atoms with Gasteiger partial charge in [0.05, 0.1) is 11.4 Å². The zero-order valence-electron chi connectivity index (χ0n) is 11.3. The van der Waals surface area contributed by atoms with E-state index in [1.165, 1.54) is 11.8 Å². The molecule has 2 aliphatic heterocycles. The number of hydrogen-bond acceptors (Lipinski definition) is 4. The fourth-order valence-corrected chi connectivity index (χ4v) is 3.58. The third kappa shape index (κ3) is 2.06. The average Bonchev–Trinajstić information content (AvgIpc) is 3.17. The Labute approximate surface area is 126 Å². The summed E-state index contributed by atoms with van der Waals surface area (Å²) in [5.41, 5.74) is 2.61. The number of rotatable bonds is 2. The van der Waals surface area contributed by atoms with Crippen LogP contribution in [0.15, 0.2) is 35.6 Å². The average molecular weight is 299 g/mol. The van der Waals surface area contributed by atoms with Gasteiger partial charge in [0.25, 0.3) is 0 Å². The number of aromatic nitrogens is 2. The fraction of sp³-hybridized carbons (Fsp3) is 0.267. The molecule has 6 heteroatoms. The van der Waals surface area contributed by atoms with Crippen LogP contribution in [0.5, 0.6) is 0 Å². The minimum Gasteiger partial charge on any atom is -0.312 e. The van der Waals surface area contributed by atoms with Gasteiger partial charge in [-0.05, 0) is 18.6 Å². The predicted octanol–water partition coefficient (Wildman–Crippen LogP) is 2.42. The Morgan fingerprint density at radius 3 is 2.86 bits per heavy atom. The lowest BCUT2D eigenvalue weighted by molar-refractivity contribution is -0.117. The second-order valence-electron chi connectivity index (χ2n) is 5.16.